The minimum atomic E-state index is -10.7. The molecule has 0 spiro atoms. The van der Waals surface area contributed by atoms with Crippen LogP contribution in [0.1, 0.15) is 11.1 Å². The Morgan fingerprint density at radius 3 is 1.16 bits per heavy atom. The number of nitrogens with zero attached hydrogens (tertiary/aromatic N) is 2. The van der Waals surface area contributed by atoms with E-state index in [9.17, 15) is 42.7 Å². The second-order valence-electron chi connectivity index (χ2n) is 7.48. The Balaban J connectivity index is 0.000000301. The first-order chi connectivity index (χ1) is 16.8. The second-order valence-corrected chi connectivity index (χ2v) is 9.40. The van der Waals surface area contributed by atoms with Gasteiger partial charge < -0.3 is 9.97 Å². The van der Waals surface area contributed by atoms with E-state index in [1.54, 1.807) is 24.5 Å². The molecule has 2 aromatic carbocycles. The van der Waals surface area contributed by atoms with Gasteiger partial charge in [-0.15, -0.1) is 24.3 Å². The molecule has 0 aliphatic carbocycles. The van der Waals surface area contributed by atoms with Crippen LogP contribution in [-0.4, -0.2) is 9.97 Å². The summed E-state index contributed by atoms with van der Waals surface area (Å²) in [5, 5.41) is 0. The number of halogens is 10. The van der Waals surface area contributed by atoms with Crippen molar-refractivity contribution < 1.29 is 62.8 Å². The number of rotatable bonds is 2. The van der Waals surface area contributed by atoms with Crippen molar-refractivity contribution in [1.82, 2.24) is 9.97 Å². The van der Waals surface area contributed by atoms with Crippen LogP contribution in [0.3, 0.4) is 0 Å². The minimum Gasteiger partial charge on any atom is 3.00 e. The Morgan fingerprint density at radius 2 is 0.921 bits per heavy atom. The molecule has 2 heterocycles. The molecule has 0 atom stereocenters. The van der Waals surface area contributed by atoms with E-state index in [1.807, 2.05) is 26.0 Å². The predicted octanol–water partition coefficient (Wildman–Crippen LogP) is 9.65. The van der Waals surface area contributed by atoms with Gasteiger partial charge in [0.25, 0.3) is 0 Å². The monoisotopic (exact) mass is 746 g/mol. The molecule has 4 aromatic rings. The molecule has 0 unspecified atom stereocenters. The molecule has 0 saturated carbocycles. The summed E-state index contributed by atoms with van der Waals surface area (Å²) in [6, 6.07) is 15.9. The van der Waals surface area contributed by atoms with Gasteiger partial charge in [0.2, 0.25) is 0 Å². The van der Waals surface area contributed by atoms with E-state index in [-0.39, 0.29) is 31.2 Å². The standard InChI is InChI=1S/2C12H8F2N.F6P.Ir/c2*1-8-2-5-12(15-7-8)10-4-3-9(13)6-11(10)14;1-7(2,3,4,5)6;/h2*2-3,5-7H,1H3;;/q3*-1;+3. The number of pyridine rings is 2. The molecule has 38 heavy (non-hydrogen) atoms. The number of aryl methyl sites for hydroxylation is 2. The number of hydrogen-bond acceptors (Lipinski definition) is 2. The second kappa shape index (κ2) is 11.9. The van der Waals surface area contributed by atoms with Crippen molar-refractivity contribution >= 4 is 7.81 Å². The van der Waals surface area contributed by atoms with Gasteiger partial charge in [0, 0.05) is 35.7 Å². The van der Waals surface area contributed by atoms with E-state index in [4.69, 9.17) is 0 Å². The Hall–Kier alpha value is -2.88. The van der Waals surface area contributed by atoms with Crippen LogP contribution < -0.4 is 0 Å². The van der Waals surface area contributed by atoms with Crippen LogP contribution in [0.25, 0.3) is 22.5 Å². The topological polar surface area (TPSA) is 25.8 Å². The summed E-state index contributed by atoms with van der Waals surface area (Å²) in [6.45, 7) is 3.78. The fourth-order valence-corrected chi connectivity index (χ4v) is 2.51. The van der Waals surface area contributed by atoms with Crippen molar-refractivity contribution in [3.05, 3.63) is 107 Å². The molecule has 0 N–H and O–H groups in total. The Labute approximate surface area is 224 Å². The molecular weight excluding hydrogens is 729 g/mol. The largest absolute Gasteiger partial charge is 3.00 e. The van der Waals surface area contributed by atoms with Crippen molar-refractivity contribution in [3.8, 4) is 22.5 Å². The molecule has 0 aliphatic heterocycles. The van der Waals surface area contributed by atoms with Crippen molar-refractivity contribution in [1.29, 1.82) is 0 Å². The van der Waals surface area contributed by atoms with Gasteiger partial charge in [0.1, 0.15) is 0 Å². The average molecular weight is 746 g/mol. The molecule has 2 nitrogen and oxygen atoms in total. The zero-order valence-electron chi connectivity index (χ0n) is 19.2. The molecule has 0 bridgehead atoms. The van der Waals surface area contributed by atoms with Gasteiger partial charge in [0.15, 0.2) is 0 Å². The van der Waals surface area contributed by atoms with E-state index in [0.717, 1.165) is 35.4 Å². The Bertz CT molecular complexity index is 1260. The van der Waals surface area contributed by atoms with Crippen LogP contribution in [0.2, 0.25) is 0 Å². The maximum Gasteiger partial charge on any atom is 3.00 e. The van der Waals surface area contributed by atoms with Crippen molar-refractivity contribution in [2.45, 2.75) is 13.8 Å². The summed E-state index contributed by atoms with van der Waals surface area (Å²) in [4.78, 5) is 8.09. The molecule has 14 heteroatoms. The van der Waals surface area contributed by atoms with Crippen LogP contribution in [0.4, 0.5) is 42.7 Å². The summed E-state index contributed by atoms with van der Waals surface area (Å²) < 4.78 is 111. The maximum absolute atomic E-state index is 13.3. The third-order valence-corrected chi connectivity index (χ3v) is 4.05. The van der Waals surface area contributed by atoms with Gasteiger partial charge in [-0.25, -0.2) is 0 Å². The molecule has 2 aromatic heterocycles. The zero-order chi connectivity index (χ0) is 28.1. The van der Waals surface area contributed by atoms with E-state index in [0.29, 0.717) is 11.4 Å². The molecule has 4 rings (SSSR count). The van der Waals surface area contributed by atoms with E-state index in [2.05, 4.69) is 22.1 Å². The molecule has 0 amide bonds. The van der Waals surface area contributed by atoms with Crippen LogP contribution >= 0.6 is 7.81 Å². The summed E-state index contributed by atoms with van der Waals surface area (Å²) >= 11 is 0. The molecule has 0 saturated heterocycles. The van der Waals surface area contributed by atoms with Gasteiger partial charge in [-0.1, -0.05) is 47.5 Å². The minimum absolute atomic E-state index is 0. The van der Waals surface area contributed by atoms with E-state index in [1.165, 1.54) is 0 Å². The Kier molecular flexibility index (Phi) is 10.4. The number of benzene rings is 2. The molecule has 0 aliphatic rings. The van der Waals surface area contributed by atoms with Crippen molar-refractivity contribution in [3.63, 3.8) is 0 Å². The molecule has 0 fully saturated rings. The predicted molar refractivity (Wildman–Crippen MR) is 120 cm³/mol. The third kappa shape index (κ3) is 13.1. The van der Waals surface area contributed by atoms with Gasteiger partial charge in [-0.05, 0) is 36.4 Å². The summed E-state index contributed by atoms with van der Waals surface area (Å²) in [5.74, 6) is -2.57. The van der Waals surface area contributed by atoms with Crippen molar-refractivity contribution in [2.75, 3.05) is 0 Å². The van der Waals surface area contributed by atoms with Crippen LogP contribution in [0.15, 0.2) is 60.9 Å². The summed E-state index contributed by atoms with van der Waals surface area (Å²) in [7, 11) is -10.7. The number of hydrogen-bond donors (Lipinski definition) is 0. The third-order valence-electron chi connectivity index (χ3n) is 4.05. The average Bonchev–Trinajstić information content (AvgIpc) is 2.74. The van der Waals surface area contributed by atoms with E-state index >= 15 is 0 Å². The smallest absolute Gasteiger partial charge is 3.00 e. The van der Waals surface area contributed by atoms with E-state index < -0.39 is 31.1 Å². The molecular formula is C24H16F10IrN2P. The fraction of sp³-hybridized carbons (Fsp3) is 0.0833. The summed E-state index contributed by atoms with van der Waals surface area (Å²) in [6.07, 6.45) is 3.26. The van der Waals surface area contributed by atoms with Gasteiger partial charge in [-0.2, -0.15) is 0 Å². The van der Waals surface area contributed by atoms with Crippen LogP contribution in [0, 0.1) is 49.2 Å². The first-order valence-electron chi connectivity index (χ1n) is 9.94. The fourth-order valence-electron chi connectivity index (χ4n) is 2.51. The van der Waals surface area contributed by atoms with Gasteiger partial charge in [0.05, 0.1) is 0 Å². The van der Waals surface area contributed by atoms with Crippen LogP contribution in [0.5, 0.6) is 0 Å². The SMILES string of the molecule is Cc1ccc(-c2[c-]cc(F)cc2F)nc1.Cc1ccc(-c2[c-]cc(F)cc2F)nc1.F[P-](F)(F)(F)(F)F.[Ir+3]. The first-order valence-corrected chi connectivity index (χ1v) is 12.0. The van der Waals surface area contributed by atoms with Gasteiger partial charge >= 0.3 is 53.1 Å². The maximum atomic E-state index is 13.3. The molecule has 0 radical (unpaired) electrons. The van der Waals surface area contributed by atoms with Gasteiger partial charge in [-0.3, -0.25) is 17.6 Å². The molecule has 206 valence electrons. The Morgan fingerprint density at radius 1 is 0.605 bits per heavy atom. The number of aromatic nitrogens is 2. The zero-order valence-corrected chi connectivity index (χ0v) is 22.5. The van der Waals surface area contributed by atoms with Crippen molar-refractivity contribution in [2.24, 2.45) is 0 Å². The summed E-state index contributed by atoms with van der Waals surface area (Å²) in [5.41, 5.74) is 3.27. The quantitative estimate of drug-likeness (QED) is 0.116. The first kappa shape index (κ1) is 33.1. The normalized spacial score (nSPS) is 12.4. The van der Waals surface area contributed by atoms with Crippen LogP contribution in [-0.2, 0) is 20.1 Å².